The lowest BCUT2D eigenvalue weighted by molar-refractivity contribution is 0.0601. The number of rotatable bonds is 4. The van der Waals surface area contributed by atoms with Crippen LogP contribution in [-0.4, -0.2) is 25.2 Å². The Hall–Kier alpha value is -2.76. The van der Waals surface area contributed by atoms with Crippen molar-refractivity contribution in [3.8, 4) is 5.75 Å². The molecule has 21 heavy (non-hydrogen) atoms. The van der Waals surface area contributed by atoms with Gasteiger partial charge in [0.2, 0.25) is 5.43 Å². The second-order valence-electron chi connectivity index (χ2n) is 4.46. The van der Waals surface area contributed by atoms with Gasteiger partial charge >= 0.3 is 5.97 Å². The molecule has 110 valence electrons. The highest BCUT2D eigenvalue weighted by Gasteiger charge is 2.15. The van der Waals surface area contributed by atoms with Gasteiger partial charge in [0, 0.05) is 13.1 Å². The molecule has 1 aromatic carbocycles. The number of nitrogens with zero attached hydrogens (tertiary/aromatic N) is 1. The van der Waals surface area contributed by atoms with E-state index in [4.69, 9.17) is 14.3 Å². The van der Waals surface area contributed by atoms with E-state index in [1.807, 2.05) is 0 Å². The van der Waals surface area contributed by atoms with E-state index in [1.54, 1.807) is 36.2 Å². The van der Waals surface area contributed by atoms with Gasteiger partial charge in [-0.1, -0.05) is 12.1 Å². The van der Waals surface area contributed by atoms with Gasteiger partial charge in [-0.15, -0.1) is 0 Å². The third-order valence-corrected chi connectivity index (χ3v) is 2.98. The fraction of sp³-hybridized carbons (Fsp3) is 0.200. The van der Waals surface area contributed by atoms with E-state index in [0.29, 0.717) is 17.0 Å². The summed E-state index contributed by atoms with van der Waals surface area (Å²) in [5.74, 6) is -0.499. The van der Waals surface area contributed by atoms with Crippen molar-refractivity contribution in [2.75, 3.05) is 19.1 Å². The van der Waals surface area contributed by atoms with Gasteiger partial charge in [-0.3, -0.25) is 4.79 Å². The number of aromatic hydroxyl groups is 1. The molecule has 0 saturated heterocycles. The van der Waals surface area contributed by atoms with E-state index < -0.39 is 17.1 Å². The van der Waals surface area contributed by atoms with Crippen LogP contribution < -0.4 is 10.3 Å². The number of esters is 1. The van der Waals surface area contributed by atoms with Gasteiger partial charge in [0.05, 0.1) is 24.9 Å². The standard InChI is InChI=1S/C15H15NO5/c1-16(8-10-7-13(17)14(18)9-21-10)12-6-4-3-5-11(12)15(19)20-2/h3-7,9,18H,8H2,1-2H3. The molecule has 0 atom stereocenters. The number of carbonyl (C=O) groups is 1. The minimum absolute atomic E-state index is 0.267. The molecule has 0 unspecified atom stereocenters. The number of hydrogen-bond acceptors (Lipinski definition) is 6. The summed E-state index contributed by atoms with van der Waals surface area (Å²) in [6.45, 7) is 0.267. The van der Waals surface area contributed by atoms with E-state index in [1.165, 1.54) is 13.2 Å². The Bertz CT molecular complexity index is 707. The third kappa shape index (κ3) is 3.22. The minimum Gasteiger partial charge on any atom is -0.502 e. The summed E-state index contributed by atoms with van der Waals surface area (Å²) in [7, 11) is 3.08. The molecule has 1 aromatic heterocycles. The van der Waals surface area contributed by atoms with Crippen molar-refractivity contribution in [3.63, 3.8) is 0 Å². The Morgan fingerprint density at radius 3 is 2.76 bits per heavy atom. The first-order valence-electron chi connectivity index (χ1n) is 6.22. The van der Waals surface area contributed by atoms with Crippen molar-refractivity contribution >= 4 is 11.7 Å². The van der Waals surface area contributed by atoms with Crippen LogP contribution >= 0.6 is 0 Å². The lowest BCUT2D eigenvalue weighted by atomic mass is 10.1. The molecule has 0 radical (unpaired) electrons. The van der Waals surface area contributed by atoms with Crippen LogP contribution in [0, 0.1) is 0 Å². The average molecular weight is 289 g/mol. The fourth-order valence-corrected chi connectivity index (χ4v) is 1.93. The Balaban J connectivity index is 2.28. The Morgan fingerprint density at radius 2 is 2.10 bits per heavy atom. The van der Waals surface area contributed by atoms with Crippen molar-refractivity contribution in [2.24, 2.45) is 0 Å². The molecule has 2 rings (SSSR count). The Labute approximate surface area is 121 Å². The van der Waals surface area contributed by atoms with Gasteiger partial charge in [0.1, 0.15) is 12.0 Å². The van der Waals surface area contributed by atoms with Crippen LogP contribution in [0.3, 0.4) is 0 Å². The molecule has 0 amide bonds. The summed E-state index contributed by atoms with van der Waals surface area (Å²) < 4.78 is 9.89. The summed E-state index contributed by atoms with van der Waals surface area (Å²) in [6, 6.07) is 8.18. The number of hydrogen-bond donors (Lipinski definition) is 1. The number of ether oxygens (including phenoxy) is 1. The fourth-order valence-electron chi connectivity index (χ4n) is 1.93. The summed E-state index contributed by atoms with van der Waals surface area (Å²) in [5, 5.41) is 9.16. The first-order valence-corrected chi connectivity index (χ1v) is 6.22. The molecule has 0 fully saturated rings. The highest BCUT2D eigenvalue weighted by molar-refractivity contribution is 5.95. The number of methoxy groups -OCH3 is 1. The Morgan fingerprint density at radius 1 is 1.38 bits per heavy atom. The quantitative estimate of drug-likeness (QED) is 0.864. The summed E-state index contributed by atoms with van der Waals surface area (Å²) in [4.78, 5) is 24.9. The van der Waals surface area contributed by atoms with Crippen molar-refractivity contribution < 1.29 is 19.1 Å². The van der Waals surface area contributed by atoms with Crippen LogP contribution in [0.5, 0.6) is 5.75 Å². The van der Waals surface area contributed by atoms with Gasteiger partial charge in [-0.25, -0.2) is 4.79 Å². The van der Waals surface area contributed by atoms with Gasteiger partial charge < -0.3 is 19.2 Å². The van der Waals surface area contributed by atoms with Crippen LogP contribution in [-0.2, 0) is 11.3 Å². The van der Waals surface area contributed by atoms with E-state index in [-0.39, 0.29) is 6.54 Å². The maximum atomic E-state index is 11.7. The SMILES string of the molecule is COC(=O)c1ccccc1N(C)Cc1cc(=O)c(O)co1. The molecular weight excluding hydrogens is 274 g/mol. The molecule has 0 saturated carbocycles. The van der Waals surface area contributed by atoms with Gasteiger partial charge in [-0.05, 0) is 12.1 Å². The highest BCUT2D eigenvalue weighted by Crippen LogP contribution is 2.21. The van der Waals surface area contributed by atoms with Crippen LogP contribution in [0.25, 0.3) is 0 Å². The second kappa shape index (κ2) is 6.13. The molecular formula is C15H15NO5. The molecule has 0 spiro atoms. The predicted molar refractivity (Wildman–Crippen MR) is 76.5 cm³/mol. The number of para-hydroxylation sites is 1. The zero-order valence-corrected chi connectivity index (χ0v) is 11.7. The largest absolute Gasteiger partial charge is 0.502 e. The molecule has 6 nitrogen and oxygen atoms in total. The molecule has 1 N–H and O–H groups in total. The van der Waals surface area contributed by atoms with Crippen LogP contribution in [0.2, 0.25) is 0 Å². The number of anilines is 1. The normalized spacial score (nSPS) is 10.2. The average Bonchev–Trinajstić information content (AvgIpc) is 2.50. The van der Waals surface area contributed by atoms with Gasteiger partial charge in [-0.2, -0.15) is 0 Å². The van der Waals surface area contributed by atoms with Gasteiger partial charge in [0.15, 0.2) is 5.75 Å². The summed E-state index contributed by atoms with van der Waals surface area (Å²) in [5.41, 5.74) is 0.564. The first kappa shape index (κ1) is 14.6. The summed E-state index contributed by atoms with van der Waals surface area (Å²) >= 11 is 0. The van der Waals surface area contributed by atoms with E-state index in [0.717, 1.165) is 6.26 Å². The van der Waals surface area contributed by atoms with Gasteiger partial charge in [0.25, 0.3) is 0 Å². The van der Waals surface area contributed by atoms with Crippen molar-refractivity contribution in [1.29, 1.82) is 0 Å². The molecule has 0 aliphatic carbocycles. The van der Waals surface area contributed by atoms with Crippen molar-refractivity contribution in [2.45, 2.75) is 6.54 Å². The van der Waals surface area contributed by atoms with Crippen molar-refractivity contribution in [1.82, 2.24) is 0 Å². The van der Waals surface area contributed by atoms with Crippen molar-refractivity contribution in [3.05, 3.63) is 58.1 Å². The molecule has 1 heterocycles. The molecule has 0 bridgehead atoms. The molecule has 2 aromatic rings. The van der Waals surface area contributed by atoms with E-state index in [9.17, 15) is 9.59 Å². The number of carbonyl (C=O) groups excluding carboxylic acids is 1. The monoisotopic (exact) mass is 289 g/mol. The maximum Gasteiger partial charge on any atom is 0.339 e. The smallest absolute Gasteiger partial charge is 0.339 e. The minimum atomic E-state index is -0.508. The molecule has 0 aliphatic heterocycles. The van der Waals surface area contributed by atoms with E-state index >= 15 is 0 Å². The number of benzene rings is 1. The Kier molecular flexibility index (Phi) is 4.27. The predicted octanol–water partition coefficient (Wildman–Crippen LogP) is 1.77. The van der Waals surface area contributed by atoms with E-state index in [2.05, 4.69) is 0 Å². The highest BCUT2D eigenvalue weighted by atomic mass is 16.5. The van der Waals surface area contributed by atoms with Crippen LogP contribution in [0.4, 0.5) is 5.69 Å². The van der Waals surface area contributed by atoms with Crippen LogP contribution in [0.1, 0.15) is 16.1 Å². The first-order chi connectivity index (χ1) is 10.0. The second-order valence-corrected chi connectivity index (χ2v) is 4.46. The van der Waals surface area contributed by atoms with Crippen LogP contribution in [0.15, 0.2) is 45.8 Å². The summed E-state index contributed by atoms with van der Waals surface area (Å²) in [6.07, 6.45) is 0.998. The molecule has 0 aliphatic rings. The maximum absolute atomic E-state index is 11.7. The zero-order valence-electron chi connectivity index (χ0n) is 11.7. The topological polar surface area (TPSA) is 80.0 Å². The lowest BCUT2D eigenvalue weighted by Gasteiger charge is -2.20. The molecule has 6 heteroatoms. The lowest BCUT2D eigenvalue weighted by Crippen LogP contribution is -2.20. The third-order valence-electron chi connectivity index (χ3n) is 2.98. The zero-order chi connectivity index (χ0) is 15.4.